The molecule has 1 unspecified atom stereocenters. The van der Waals surface area contributed by atoms with E-state index < -0.39 is 10.0 Å². The van der Waals surface area contributed by atoms with Gasteiger partial charge in [0.25, 0.3) is 10.0 Å². The Bertz CT molecular complexity index is 539. The number of aryl methyl sites for hydroxylation is 1. The van der Waals surface area contributed by atoms with Crippen molar-refractivity contribution < 1.29 is 8.42 Å². The fourth-order valence-electron chi connectivity index (χ4n) is 2.30. The van der Waals surface area contributed by atoms with E-state index in [1.807, 2.05) is 7.05 Å². The summed E-state index contributed by atoms with van der Waals surface area (Å²) in [6.07, 6.45) is 1.34. The van der Waals surface area contributed by atoms with Gasteiger partial charge in [-0.2, -0.15) is 9.40 Å². The van der Waals surface area contributed by atoms with Gasteiger partial charge in [-0.3, -0.25) is 4.68 Å². The Balaban J connectivity index is 2.39. The van der Waals surface area contributed by atoms with E-state index >= 15 is 0 Å². The molecule has 1 aromatic rings. The zero-order valence-electron chi connectivity index (χ0n) is 11.0. The van der Waals surface area contributed by atoms with E-state index in [2.05, 4.69) is 10.00 Å². The van der Waals surface area contributed by atoms with E-state index in [-0.39, 0.29) is 22.6 Å². The monoisotopic (exact) mass is 307 g/mol. The number of sulfonamides is 1. The van der Waals surface area contributed by atoms with Gasteiger partial charge in [0.05, 0.1) is 17.3 Å². The minimum Gasteiger partial charge on any atom is -0.329 e. The van der Waals surface area contributed by atoms with Gasteiger partial charge in [0, 0.05) is 33.2 Å². The molecule has 1 aliphatic rings. The minimum absolute atomic E-state index is 0.0252. The molecule has 0 radical (unpaired) electrons. The van der Waals surface area contributed by atoms with Crippen LogP contribution in [-0.2, 0) is 17.1 Å². The third kappa shape index (κ3) is 2.63. The van der Waals surface area contributed by atoms with Crippen LogP contribution in [0.2, 0.25) is 5.02 Å². The number of nitrogens with two attached hydrogens (primary N) is 1. The number of halogens is 1. The first-order valence-corrected chi connectivity index (χ1v) is 7.77. The molecule has 0 saturated carbocycles. The number of hydrogen-bond acceptors (Lipinski definition) is 5. The summed E-state index contributed by atoms with van der Waals surface area (Å²) in [4.78, 5) is 2.06. The number of likely N-dealkylation sites (N-methyl/N-ethyl adjacent to an activating group) is 1. The molecule has 1 atom stereocenters. The van der Waals surface area contributed by atoms with Gasteiger partial charge in [0.15, 0.2) is 5.03 Å². The predicted octanol–water partition coefficient (Wildman–Crippen LogP) is -0.663. The van der Waals surface area contributed by atoms with E-state index in [4.69, 9.17) is 17.3 Å². The van der Waals surface area contributed by atoms with E-state index in [9.17, 15) is 8.42 Å². The molecule has 1 aromatic heterocycles. The van der Waals surface area contributed by atoms with Crippen molar-refractivity contribution in [3.05, 3.63) is 11.2 Å². The quantitative estimate of drug-likeness (QED) is 0.801. The van der Waals surface area contributed by atoms with Crippen LogP contribution in [0.4, 0.5) is 0 Å². The van der Waals surface area contributed by atoms with Gasteiger partial charge in [-0.15, -0.1) is 0 Å². The second-order valence-corrected chi connectivity index (χ2v) is 6.90. The van der Waals surface area contributed by atoms with E-state index in [1.165, 1.54) is 15.2 Å². The van der Waals surface area contributed by atoms with Crippen molar-refractivity contribution in [2.75, 3.05) is 33.2 Å². The third-order valence-electron chi connectivity index (χ3n) is 3.30. The first-order valence-electron chi connectivity index (χ1n) is 5.96. The molecule has 9 heteroatoms. The highest BCUT2D eigenvalue weighted by molar-refractivity contribution is 7.89. The molecular weight excluding hydrogens is 290 g/mol. The van der Waals surface area contributed by atoms with Gasteiger partial charge in [-0.25, -0.2) is 8.42 Å². The second-order valence-electron chi connectivity index (χ2n) is 4.69. The molecule has 19 heavy (non-hydrogen) atoms. The van der Waals surface area contributed by atoms with Crippen LogP contribution < -0.4 is 5.73 Å². The molecule has 0 spiro atoms. The summed E-state index contributed by atoms with van der Waals surface area (Å²) in [6.45, 7) is 1.97. The lowest BCUT2D eigenvalue weighted by Crippen LogP contribution is -2.56. The van der Waals surface area contributed by atoms with Gasteiger partial charge in [0.2, 0.25) is 0 Å². The molecule has 1 aliphatic heterocycles. The summed E-state index contributed by atoms with van der Waals surface area (Å²) in [5.41, 5.74) is 5.69. The average Bonchev–Trinajstić information content (AvgIpc) is 2.68. The second kappa shape index (κ2) is 5.37. The summed E-state index contributed by atoms with van der Waals surface area (Å²) < 4.78 is 28.1. The zero-order valence-corrected chi connectivity index (χ0v) is 12.5. The molecule has 1 saturated heterocycles. The lowest BCUT2D eigenvalue weighted by atomic mass is 10.2. The van der Waals surface area contributed by atoms with Gasteiger partial charge >= 0.3 is 0 Å². The average molecular weight is 308 g/mol. The SMILES string of the molecule is CN1CCN(S(=O)(=O)c2c(Cl)cnn2C)C(CN)C1. The normalized spacial score (nSPS) is 22.8. The topological polar surface area (TPSA) is 84.5 Å². The Morgan fingerprint density at radius 3 is 2.68 bits per heavy atom. The standard InChI is InChI=1S/C10H18ClN5O2S/c1-14-3-4-16(8(5-12)7-14)19(17,18)10-9(11)6-13-15(10)2/h6,8H,3-5,7,12H2,1-2H3. The first-order chi connectivity index (χ1) is 8.87. The lowest BCUT2D eigenvalue weighted by Gasteiger charge is -2.38. The van der Waals surface area contributed by atoms with Crippen LogP contribution in [0.3, 0.4) is 0 Å². The van der Waals surface area contributed by atoms with Gasteiger partial charge < -0.3 is 10.6 Å². The van der Waals surface area contributed by atoms with Crippen LogP contribution in [0.15, 0.2) is 11.2 Å². The maximum Gasteiger partial charge on any atom is 0.262 e. The molecule has 108 valence electrons. The Morgan fingerprint density at radius 1 is 1.47 bits per heavy atom. The molecular formula is C10H18ClN5O2S. The molecule has 1 fully saturated rings. The number of piperazine rings is 1. The van der Waals surface area contributed by atoms with Gasteiger partial charge in [-0.05, 0) is 7.05 Å². The van der Waals surface area contributed by atoms with E-state index in [0.29, 0.717) is 19.6 Å². The zero-order chi connectivity index (χ0) is 14.2. The highest BCUT2D eigenvalue weighted by Crippen LogP contribution is 2.26. The Hall–Kier alpha value is -0.670. The first kappa shape index (κ1) is 14.7. The Labute approximate surface area is 118 Å². The van der Waals surface area contributed by atoms with Crippen LogP contribution in [0.25, 0.3) is 0 Å². The van der Waals surface area contributed by atoms with Gasteiger partial charge in [0.1, 0.15) is 0 Å². The predicted molar refractivity (Wildman–Crippen MR) is 72.4 cm³/mol. The highest BCUT2D eigenvalue weighted by Gasteiger charge is 2.37. The third-order valence-corrected chi connectivity index (χ3v) is 5.76. The van der Waals surface area contributed by atoms with Crippen molar-refractivity contribution in [3.63, 3.8) is 0 Å². The maximum absolute atomic E-state index is 12.7. The number of hydrogen-bond donors (Lipinski definition) is 1. The van der Waals surface area contributed by atoms with Crippen molar-refractivity contribution in [1.29, 1.82) is 0 Å². The van der Waals surface area contributed by atoms with E-state index in [1.54, 1.807) is 7.05 Å². The summed E-state index contributed by atoms with van der Waals surface area (Å²) >= 11 is 5.94. The fourth-order valence-corrected chi connectivity index (χ4v) is 4.53. The molecule has 2 heterocycles. The molecule has 0 aromatic carbocycles. The van der Waals surface area contributed by atoms with Crippen molar-refractivity contribution in [2.24, 2.45) is 12.8 Å². The minimum atomic E-state index is -3.67. The van der Waals surface area contributed by atoms with Crippen LogP contribution in [0.1, 0.15) is 0 Å². The Kier molecular flexibility index (Phi) is 4.17. The van der Waals surface area contributed by atoms with Crippen molar-refractivity contribution in [3.8, 4) is 0 Å². The van der Waals surface area contributed by atoms with Crippen LogP contribution in [0.5, 0.6) is 0 Å². The fraction of sp³-hybridized carbons (Fsp3) is 0.700. The molecule has 2 N–H and O–H groups in total. The largest absolute Gasteiger partial charge is 0.329 e. The molecule has 0 aliphatic carbocycles. The van der Waals surface area contributed by atoms with Crippen molar-refractivity contribution in [1.82, 2.24) is 19.0 Å². The maximum atomic E-state index is 12.7. The Morgan fingerprint density at radius 2 is 2.16 bits per heavy atom. The summed E-state index contributed by atoms with van der Waals surface area (Å²) in [7, 11) is -0.160. The lowest BCUT2D eigenvalue weighted by molar-refractivity contribution is 0.163. The van der Waals surface area contributed by atoms with Gasteiger partial charge in [-0.1, -0.05) is 11.6 Å². The molecule has 2 rings (SSSR count). The van der Waals surface area contributed by atoms with Crippen LogP contribution in [0, 0.1) is 0 Å². The summed E-state index contributed by atoms with van der Waals surface area (Å²) in [5.74, 6) is 0. The van der Waals surface area contributed by atoms with Crippen LogP contribution in [-0.4, -0.2) is 66.7 Å². The summed E-state index contributed by atoms with van der Waals surface area (Å²) in [6, 6.07) is -0.241. The summed E-state index contributed by atoms with van der Waals surface area (Å²) in [5, 5.41) is 4.04. The number of nitrogens with zero attached hydrogens (tertiary/aromatic N) is 4. The number of aromatic nitrogens is 2. The number of rotatable bonds is 3. The highest BCUT2D eigenvalue weighted by atomic mass is 35.5. The van der Waals surface area contributed by atoms with E-state index in [0.717, 1.165) is 0 Å². The molecule has 0 bridgehead atoms. The van der Waals surface area contributed by atoms with Crippen molar-refractivity contribution >= 4 is 21.6 Å². The molecule has 0 amide bonds. The molecule has 7 nitrogen and oxygen atoms in total. The van der Waals surface area contributed by atoms with Crippen molar-refractivity contribution in [2.45, 2.75) is 11.1 Å². The smallest absolute Gasteiger partial charge is 0.262 e. The van der Waals surface area contributed by atoms with Crippen LogP contribution >= 0.6 is 11.6 Å².